The molecule has 39 heavy (non-hydrogen) atoms. The third-order valence-corrected chi connectivity index (χ3v) is 7.72. The summed E-state index contributed by atoms with van der Waals surface area (Å²) in [7, 11) is -0.367. The molecule has 0 fully saturated rings. The molecule has 0 aliphatic rings. The van der Waals surface area contributed by atoms with Crippen molar-refractivity contribution >= 4 is 10.9 Å². The molecular weight excluding hydrogens is 512 g/mol. The first-order valence-electron chi connectivity index (χ1n) is 12.7. The molecule has 7 heteroatoms. The minimum atomic E-state index is -0.367. The molecule has 3 rings (SSSR count). The van der Waals surface area contributed by atoms with Gasteiger partial charge < -0.3 is 28.4 Å². The van der Waals surface area contributed by atoms with Gasteiger partial charge in [0.1, 0.15) is 56.9 Å². The molecule has 0 amide bonds. The van der Waals surface area contributed by atoms with Gasteiger partial charge in [0.05, 0.1) is 29.7 Å². The average molecular weight is 550 g/mol. The van der Waals surface area contributed by atoms with E-state index < -0.39 is 0 Å². The van der Waals surface area contributed by atoms with Crippen LogP contribution in [0.4, 0.5) is 0 Å². The topological polar surface area (TPSA) is 55.4 Å². The van der Waals surface area contributed by atoms with E-state index in [-0.39, 0.29) is 10.9 Å². The minimum Gasteiger partial charge on any atom is -0.498 e. The highest BCUT2D eigenvalue weighted by Crippen LogP contribution is 2.36. The molecule has 0 spiro atoms. The van der Waals surface area contributed by atoms with E-state index in [2.05, 4.69) is 70.0 Å². The highest BCUT2D eigenvalue weighted by Gasteiger charge is 2.30. The molecule has 0 radical (unpaired) electrons. The summed E-state index contributed by atoms with van der Waals surface area (Å²) in [5, 5.41) is 0. The average Bonchev–Trinajstić information content (AvgIpc) is 2.94. The lowest BCUT2D eigenvalue weighted by Gasteiger charge is -2.15. The second kappa shape index (κ2) is 16.1. The van der Waals surface area contributed by atoms with E-state index in [1.165, 1.54) is 33.5 Å². The SMILES string of the molecule is C=COCCOc1ccc([S+](c2ccc(OCCOC=C)cc2)c2cc(C)c(OCCOC=C)c(C)c2)cc1. The summed E-state index contributed by atoms with van der Waals surface area (Å²) in [5.41, 5.74) is 2.15. The van der Waals surface area contributed by atoms with Gasteiger partial charge in [0.15, 0.2) is 14.7 Å². The summed E-state index contributed by atoms with van der Waals surface area (Å²) in [4.78, 5) is 3.54. The predicted molar refractivity (Wildman–Crippen MR) is 156 cm³/mol. The fraction of sp³-hybridized carbons (Fsp3) is 0.250. The first-order chi connectivity index (χ1) is 19.1. The van der Waals surface area contributed by atoms with Crippen LogP contribution in [0.5, 0.6) is 17.2 Å². The molecule has 0 heterocycles. The number of benzene rings is 3. The van der Waals surface area contributed by atoms with Gasteiger partial charge in [-0.3, -0.25) is 0 Å². The van der Waals surface area contributed by atoms with Crippen LogP contribution in [0.25, 0.3) is 0 Å². The van der Waals surface area contributed by atoms with Crippen molar-refractivity contribution in [1.29, 1.82) is 0 Å². The van der Waals surface area contributed by atoms with Gasteiger partial charge in [-0.2, -0.15) is 0 Å². The lowest BCUT2D eigenvalue weighted by molar-refractivity contribution is 0.178. The van der Waals surface area contributed by atoms with Crippen molar-refractivity contribution in [3.05, 3.63) is 110 Å². The maximum absolute atomic E-state index is 6.02. The lowest BCUT2D eigenvalue weighted by Crippen LogP contribution is -2.09. The van der Waals surface area contributed by atoms with Gasteiger partial charge in [-0.1, -0.05) is 19.7 Å². The van der Waals surface area contributed by atoms with E-state index in [1.807, 2.05) is 24.3 Å². The van der Waals surface area contributed by atoms with Crippen molar-refractivity contribution in [2.45, 2.75) is 28.5 Å². The summed E-state index contributed by atoms with van der Waals surface area (Å²) in [6.45, 7) is 17.6. The van der Waals surface area contributed by atoms with E-state index >= 15 is 0 Å². The summed E-state index contributed by atoms with van der Waals surface area (Å²) in [6, 6.07) is 20.9. The molecule has 0 aliphatic heterocycles. The third kappa shape index (κ3) is 9.07. The number of rotatable bonds is 18. The minimum absolute atomic E-state index is 0.367. The van der Waals surface area contributed by atoms with Crippen molar-refractivity contribution in [3.63, 3.8) is 0 Å². The number of aryl methyl sites for hydroxylation is 2. The van der Waals surface area contributed by atoms with Gasteiger partial charge >= 0.3 is 0 Å². The lowest BCUT2D eigenvalue weighted by atomic mass is 10.1. The van der Waals surface area contributed by atoms with E-state index in [0.29, 0.717) is 39.6 Å². The first kappa shape index (κ1) is 29.6. The van der Waals surface area contributed by atoms with Crippen LogP contribution in [0.15, 0.2) is 114 Å². The molecule has 0 saturated heterocycles. The Bertz CT molecular complexity index is 1110. The van der Waals surface area contributed by atoms with E-state index in [9.17, 15) is 0 Å². The number of ether oxygens (including phenoxy) is 6. The fourth-order valence-corrected chi connectivity index (χ4v) is 6.09. The Balaban J connectivity index is 1.88. The highest BCUT2D eigenvalue weighted by atomic mass is 32.2. The smallest absolute Gasteiger partial charge is 0.167 e. The Labute approximate surface area is 234 Å². The maximum atomic E-state index is 6.02. The Morgan fingerprint density at radius 2 is 0.923 bits per heavy atom. The second-order valence-electron chi connectivity index (χ2n) is 8.29. The van der Waals surface area contributed by atoms with Crippen LogP contribution in [0.1, 0.15) is 11.1 Å². The van der Waals surface area contributed by atoms with Gasteiger partial charge in [0.2, 0.25) is 0 Å². The van der Waals surface area contributed by atoms with Gasteiger partial charge in [-0.25, -0.2) is 0 Å². The van der Waals surface area contributed by atoms with Gasteiger partial charge in [0.25, 0.3) is 0 Å². The summed E-state index contributed by atoms with van der Waals surface area (Å²) in [6.07, 6.45) is 4.26. The standard InChI is InChI=1S/C32H37O6S/c1-6-33-17-20-36-27-9-13-29(14-10-27)39(30-15-11-28(12-16-30)37-21-18-34-7-2)31-23-25(4)32(26(5)24-31)38-22-19-35-8-3/h6-16,23-24H,1-3,17-22H2,4-5H3/q+1. The zero-order valence-corrected chi connectivity index (χ0v) is 23.5. The number of hydrogen-bond acceptors (Lipinski definition) is 6. The van der Waals surface area contributed by atoms with Crippen molar-refractivity contribution in [1.82, 2.24) is 0 Å². The van der Waals surface area contributed by atoms with Crippen LogP contribution >= 0.6 is 0 Å². The summed E-state index contributed by atoms with van der Waals surface area (Å²) < 4.78 is 33.1. The molecule has 0 aliphatic carbocycles. The van der Waals surface area contributed by atoms with Crippen LogP contribution < -0.4 is 14.2 Å². The quantitative estimate of drug-likeness (QED) is 0.0966. The van der Waals surface area contributed by atoms with Crippen LogP contribution in [0.2, 0.25) is 0 Å². The van der Waals surface area contributed by atoms with Crippen molar-refractivity contribution in [3.8, 4) is 17.2 Å². The third-order valence-electron chi connectivity index (χ3n) is 5.53. The number of hydrogen-bond donors (Lipinski definition) is 0. The van der Waals surface area contributed by atoms with Crippen LogP contribution in [-0.4, -0.2) is 39.6 Å². The molecule has 0 bridgehead atoms. The fourth-order valence-electron chi connectivity index (χ4n) is 3.87. The van der Waals surface area contributed by atoms with E-state index in [0.717, 1.165) is 28.4 Å². The summed E-state index contributed by atoms with van der Waals surface area (Å²) in [5.74, 6) is 2.46. The molecule has 6 nitrogen and oxygen atoms in total. The molecule has 0 aromatic heterocycles. The molecule has 3 aromatic carbocycles. The van der Waals surface area contributed by atoms with Crippen LogP contribution in [0, 0.1) is 13.8 Å². The Morgan fingerprint density at radius 3 is 1.31 bits per heavy atom. The van der Waals surface area contributed by atoms with Crippen molar-refractivity contribution < 1.29 is 28.4 Å². The Kier molecular flexibility index (Phi) is 12.2. The molecule has 0 unspecified atom stereocenters. The first-order valence-corrected chi connectivity index (χ1v) is 13.9. The van der Waals surface area contributed by atoms with Gasteiger partial charge in [-0.05, 0) is 73.5 Å². The highest BCUT2D eigenvalue weighted by molar-refractivity contribution is 7.97. The molecule has 0 saturated carbocycles. The Hall–Kier alpha value is -3.97. The monoisotopic (exact) mass is 549 g/mol. The summed E-state index contributed by atoms with van der Waals surface area (Å²) >= 11 is 0. The molecule has 0 atom stereocenters. The molecular formula is C32H37O6S+. The van der Waals surface area contributed by atoms with Crippen molar-refractivity contribution in [2.24, 2.45) is 0 Å². The normalized spacial score (nSPS) is 10.4. The zero-order chi connectivity index (χ0) is 27.9. The Morgan fingerprint density at radius 1 is 0.538 bits per heavy atom. The predicted octanol–water partition coefficient (Wildman–Crippen LogP) is 7.02. The van der Waals surface area contributed by atoms with Crippen LogP contribution in [-0.2, 0) is 25.1 Å². The maximum Gasteiger partial charge on any atom is 0.167 e. The van der Waals surface area contributed by atoms with Crippen LogP contribution in [0.3, 0.4) is 0 Å². The van der Waals surface area contributed by atoms with Crippen molar-refractivity contribution in [2.75, 3.05) is 39.6 Å². The zero-order valence-electron chi connectivity index (χ0n) is 22.7. The van der Waals surface area contributed by atoms with E-state index in [4.69, 9.17) is 28.4 Å². The van der Waals surface area contributed by atoms with Gasteiger partial charge in [-0.15, -0.1) is 0 Å². The van der Waals surface area contributed by atoms with E-state index in [1.54, 1.807) is 0 Å². The molecule has 206 valence electrons. The molecule has 0 N–H and O–H groups in total. The second-order valence-corrected chi connectivity index (χ2v) is 10.3. The molecule has 3 aromatic rings. The largest absolute Gasteiger partial charge is 0.498 e. The van der Waals surface area contributed by atoms with Gasteiger partial charge in [0, 0.05) is 12.1 Å².